The molecule has 2 unspecified atom stereocenters. The van der Waals surface area contributed by atoms with Gasteiger partial charge in [0.05, 0.1) is 0 Å². The van der Waals surface area contributed by atoms with Crippen molar-refractivity contribution in [1.82, 2.24) is 4.90 Å². The van der Waals surface area contributed by atoms with Crippen molar-refractivity contribution < 1.29 is 4.79 Å². The van der Waals surface area contributed by atoms with Gasteiger partial charge in [0.15, 0.2) is 6.19 Å². The van der Waals surface area contributed by atoms with E-state index in [4.69, 9.17) is 0 Å². The smallest absolute Gasteiger partial charge is 0.247 e. The summed E-state index contributed by atoms with van der Waals surface area (Å²) in [5.41, 5.74) is 3.18. The average Bonchev–Trinajstić information content (AvgIpc) is 2.85. The number of likely N-dealkylation sites (tertiary alicyclic amines) is 1. The molecule has 1 N–H and O–H groups in total. The van der Waals surface area contributed by atoms with Crippen molar-refractivity contribution in [2.45, 2.75) is 66.0 Å². The summed E-state index contributed by atoms with van der Waals surface area (Å²) < 4.78 is 1.19. The Hall–Kier alpha value is -1.29. The SMILES string of the molecule is Cc1cc(NC(=O)C2CCC(CC(C)(C)C)N2C#N)c(C)cc1I. The zero-order valence-electron chi connectivity index (χ0n) is 15.1. The van der Waals surface area contributed by atoms with E-state index >= 15 is 0 Å². The second-order valence-corrected chi connectivity index (χ2v) is 9.09. The Morgan fingerprint density at radius 2 is 2.00 bits per heavy atom. The molecule has 0 saturated carbocycles. The predicted molar refractivity (Wildman–Crippen MR) is 106 cm³/mol. The van der Waals surface area contributed by atoms with Gasteiger partial charge in [-0.1, -0.05) is 20.8 Å². The van der Waals surface area contributed by atoms with E-state index in [1.165, 1.54) is 3.57 Å². The number of carbonyl (C=O) groups excluding carboxylic acids is 1. The summed E-state index contributed by atoms with van der Waals surface area (Å²) in [6.45, 7) is 10.6. The van der Waals surface area contributed by atoms with Crippen LogP contribution in [-0.4, -0.2) is 22.9 Å². The first-order valence-corrected chi connectivity index (χ1v) is 9.46. The predicted octanol–water partition coefficient (Wildman–Crippen LogP) is 4.60. The fourth-order valence-electron chi connectivity index (χ4n) is 3.33. The number of nitrogens with one attached hydrogen (secondary N) is 1. The summed E-state index contributed by atoms with van der Waals surface area (Å²) in [4.78, 5) is 14.4. The number of carbonyl (C=O) groups is 1. The van der Waals surface area contributed by atoms with Gasteiger partial charge in [0.2, 0.25) is 5.91 Å². The van der Waals surface area contributed by atoms with Gasteiger partial charge in [-0.15, -0.1) is 0 Å². The fraction of sp³-hybridized carbons (Fsp3) is 0.579. The summed E-state index contributed by atoms with van der Waals surface area (Å²) in [5.74, 6) is -0.0725. The van der Waals surface area contributed by atoms with Crippen LogP contribution >= 0.6 is 22.6 Å². The third-order valence-corrected chi connectivity index (χ3v) is 5.69. The molecule has 24 heavy (non-hydrogen) atoms. The highest BCUT2D eigenvalue weighted by atomic mass is 127. The number of halogens is 1. The van der Waals surface area contributed by atoms with Gasteiger partial charge in [-0.25, -0.2) is 0 Å². The number of nitriles is 1. The second-order valence-electron chi connectivity index (χ2n) is 7.92. The van der Waals surface area contributed by atoms with Crippen molar-refractivity contribution in [3.05, 3.63) is 26.8 Å². The zero-order valence-corrected chi connectivity index (χ0v) is 17.3. The topological polar surface area (TPSA) is 56.1 Å². The van der Waals surface area contributed by atoms with Crippen LogP contribution in [0.1, 0.15) is 51.2 Å². The molecule has 1 amide bonds. The fourth-order valence-corrected chi connectivity index (χ4v) is 3.95. The highest BCUT2D eigenvalue weighted by molar-refractivity contribution is 14.1. The van der Waals surface area contributed by atoms with E-state index in [0.29, 0.717) is 0 Å². The van der Waals surface area contributed by atoms with Crippen molar-refractivity contribution in [3.63, 3.8) is 0 Å². The van der Waals surface area contributed by atoms with Gasteiger partial charge in [-0.05, 0) is 84.4 Å². The van der Waals surface area contributed by atoms with Crippen molar-refractivity contribution in [2.75, 3.05) is 5.32 Å². The van der Waals surface area contributed by atoms with Gasteiger partial charge in [0, 0.05) is 15.3 Å². The molecule has 130 valence electrons. The van der Waals surface area contributed by atoms with Crippen LogP contribution in [0, 0.1) is 34.3 Å². The third kappa shape index (κ3) is 4.41. The van der Waals surface area contributed by atoms with Gasteiger partial charge in [-0.2, -0.15) is 5.26 Å². The molecule has 5 heteroatoms. The molecule has 1 fully saturated rings. The standard InChI is InChI=1S/C19H26IN3O/c1-12-9-16(13(2)8-15(12)20)22-18(24)17-7-6-14(23(17)11-21)10-19(3,4)5/h8-9,14,17H,6-7,10H2,1-5H3,(H,22,24). The number of benzene rings is 1. The molecule has 4 nitrogen and oxygen atoms in total. The van der Waals surface area contributed by atoms with E-state index in [1.54, 1.807) is 4.90 Å². The second kappa shape index (κ2) is 7.30. The molecular formula is C19H26IN3O. The highest BCUT2D eigenvalue weighted by Crippen LogP contribution is 2.33. The minimum absolute atomic E-state index is 0.0725. The Kier molecular flexibility index (Phi) is 5.79. The Balaban J connectivity index is 2.13. The van der Waals surface area contributed by atoms with Crippen LogP contribution in [0.4, 0.5) is 5.69 Å². The summed E-state index contributed by atoms with van der Waals surface area (Å²) in [6.07, 6.45) is 4.82. The van der Waals surface area contributed by atoms with E-state index in [1.807, 2.05) is 19.9 Å². The van der Waals surface area contributed by atoms with Crippen LogP contribution in [0.15, 0.2) is 12.1 Å². The molecule has 2 atom stereocenters. The molecule has 1 aromatic carbocycles. The first-order valence-electron chi connectivity index (χ1n) is 8.38. The molecule has 0 radical (unpaired) electrons. The summed E-state index contributed by atoms with van der Waals surface area (Å²) in [7, 11) is 0. The van der Waals surface area contributed by atoms with Crippen molar-refractivity contribution in [3.8, 4) is 6.19 Å². The number of anilines is 1. The van der Waals surface area contributed by atoms with E-state index in [-0.39, 0.29) is 23.4 Å². The number of rotatable bonds is 3. The summed E-state index contributed by atoms with van der Waals surface area (Å²) >= 11 is 2.30. The van der Waals surface area contributed by atoms with Crippen LogP contribution in [0.25, 0.3) is 0 Å². The lowest BCUT2D eigenvalue weighted by molar-refractivity contribution is -0.119. The zero-order chi connectivity index (χ0) is 18.1. The molecule has 2 rings (SSSR count). The lowest BCUT2D eigenvalue weighted by atomic mass is 9.87. The quantitative estimate of drug-likeness (QED) is 0.554. The molecular weight excluding hydrogens is 413 g/mol. The maximum atomic E-state index is 12.7. The first kappa shape index (κ1) is 19.0. The maximum Gasteiger partial charge on any atom is 0.247 e. The number of aryl methyl sites for hydroxylation is 2. The number of hydrogen-bond acceptors (Lipinski definition) is 3. The summed E-state index contributed by atoms with van der Waals surface area (Å²) in [6, 6.07) is 3.88. The first-order chi connectivity index (χ1) is 11.1. The molecule has 0 aliphatic carbocycles. The van der Waals surface area contributed by atoms with Crippen LogP contribution < -0.4 is 5.32 Å². The molecule has 1 saturated heterocycles. The van der Waals surface area contributed by atoms with Crippen molar-refractivity contribution in [2.24, 2.45) is 5.41 Å². The number of hydrogen-bond donors (Lipinski definition) is 1. The normalized spacial score (nSPS) is 20.8. The molecule has 0 bridgehead atoms. The van der Waals surface area contributed by atoms with Crippen LogP contribution in [0.3, 0.4) is 0 Å². The Morgan fingerprint density at radius 3 is 2.58 bits per heavy atom. The molecule has 1 aromatic rings. The van der Waals surface area contributed by atoms with Gasteiger partial charge in [0.25, 0.3) is 0 Å². The lowest BCUT2D eigenvalue weighted by Crippen LogP contribution is -2.41. The minimum Gasteiger partial charge on any atom is -0.324 e. The van der Waals surface area contributed by atoms with Crippen LogP contribution in [0.2, 0.25) is 0 Å². The Labute approximate surface area is 158 Å². The number of nitrogens with zero attached hydrogens (tertiary/aromatic N) is 2. The Bertz CT molecular complexity index is 672. The minimum atomic E-state index is -0.360. The lowest BCUT2D eigenvalue weighted by Gasteiger charge is -2.29. The Morgan fingerprint density at radius 1 is 1.33 bits per heavy atom. The molecule has 0 aromatic heterocycles. The van der Waals surface area contributed by atoms with Gasteiger partial charge < -0.3 is 5.32 Å². The van der Waals surface area contributed by atoms with Gasteiger partial charge in [0.1, 0.15) is 6.04 Å². The summed E-state index contributed by atoms with van der Waals surface area (Å²) in [5, 5.41) is 12.6. The van der Waals surface area contributed by atoms with E-state index in [0.717, 1.165) is 36.1 Å². The van der Waals surface area contributed by atoms with E-state index in [9.17, 15) is 10.1 Å². The van der Waals surface area contributed by atoms with Gasteiger partial charge in [-0.3, -0.25) is 9.69 Å². The molecule has 0 spiro atoms. The highest BCUT2D eigenvalue weighted by Gasteiger charge is 2.39. The van der Waals surface area contributed by atoms with Gasteiger partial charge >= 0.3 is 0 Å². The monoisotopic (exact) mass is 439 g/mol. The largest absolute Gasteiger partial charge is 0.324 e. The van der Waals surface area contributed by atoms with Crippen molar-refractivity contribution >= 4 is 34.2 Å². The average molecular weight is 439 g/mol. The van der Waals surface area contributed by atoms with Crippen LogP contribution in [-0.2, 0) is 4.79 Å². The molecule has 1 aliphatic heterocycles. The van der Waals surface area contributed by atoms with E-state index in [2.05, 4.69) is 60.9 Å². The number of amides is 1. The maximum absolute atomic E-state index is 12.7. The van der Waals surface area contributed by atoms with Crippen LogP contribution in [0.5, 0.6) is 0 Å². The van der Waals surface area contributed by atoms with Crippen molar-refractivity contribution in [1.29, 1.82) is 5.26 Å². The van der Waals surface area contributed by atoms with E-state index < -0.39 is 0 Å². The molecule has 1 heterocycles. The third-order valence-electron chi connectivity index (χ3n) is 4.53. The molecule has 1 aliphatic rings.